The van der Waals surface area contributed by atoms with E-state index in [1.54, 1.807) is 25.1 Å². The molecule has 0 amide bonds. The first-order chi connectivity index (χ1) is 9.37. The SMILES string of the molecule is CC(O)(Cc1ccc(F)c(F)c1)Cc1ccccc1F. The van der Waals surface area contributed by atoms with Crippen LogP contribution in [0.25, 0.3) is 0 Å². The summed E-state index contributed by atoms with van der Waals surface area (Å²) in [5, 5.41) is 10.3. The second-order valence-electron chi connectivity index (χ2n) is 5.19. The van der Waals surface area contributed by atoms with E-state index in [1.165, 1.54) is 12.1 Å². The highest BCUT2D eigenvalue weighted by Gasteiger charge is 2.23. The van der Waals surface area contributed by atoms with Gasteiger partial charge in [0.1, 0.15) is 5.82 Å². The van der Waals surface area contributed by atoms with Crippen LogP contribution in [0.3, 0.4) is 0 Å². The third-order valence-electron chi connectivity index (χ3n) is 3.10. The van der Waals surface area contributed by atoms with Crippen LogP contribution in [0, 0.1) is 17.5 Å². The van der Waals surface area contributed by atoms with E-state index in [0.29, 0.717) is 11.1 Å². The highest BCUT2D eigenvalue weighted by molar-refractivity contribution is 5.23. The van der Waals surface area contributed by atoms with Crippen LogP contribution in [-0.2, 0) is 12.8 Å². The molecular weight excluding hydrogens is 265 g/mol. The van der Waals surface area contributed by atoms with Crippen molar-refractivity contribution in [3.05, 3.63) is 71.0 Å². The largest absolute Gasteiger partial charge is 0.389 e. The Balaban J connectivity index is 2.14. The van der Waals surface area contributed by atoms with Crippen molar-refractivity contribution >= 4 is 0 Å². The monoisotopic (exact) mass is 280 g/mol. The quantitative estimate of drug-likeness (QED) is 0.906. The maximum Gasteiger partial charge on any atom is 0.159 e. The van der Waals surface area contributed by atoms with Crippen molar-refractivity contribution in [3.63, 3.8) is 0 Å². The molecule has 2 aromatic carbocycles. The second-order valence-corrected chi connectivity index (χ2v) is 5.19. The van der Waals surface area contributed by atoms with E-state index in [4.69, 9.17) is 0 Å². The van der Waals surface area contributed by atoms with Crippen molar-refractivity contribution in [3.8, 4) is 0 Å². The molecule has 0 saturated heterocycles. The Bertz CT molecular complexity index is 608. The van der Waals surface area contributed by atoms with Crippen LogP contribution in [0.5, 0.6) is 0 Å². The number of halogens is 3. The van der Waals surface area contributed by atoms with Crippen LogP contribution in [0.4, 0.5) is 13.2 Å². The van der Waals surface area contributed by atoms with Crippen LogP contribution < -0.4 is 0 Å². The Morgan fingerprint density at radius 1 is 0.900 bits per heavy atom. The molecule has 1 atom stereocenters. The number of aliphatic hydroxyl groups is 1. The van der Waals surface area contributed by atoms with Crippen LogP contribution in [0.1, 0.15) is 18.1 Å². The summed E-state index contributed by atoms with van der Waals surface area (Å²) in [6.45, 7) is 1.54. The van der Waals surface area contributed by atoms with Crippen molar-refractivity contribution < 1.29 is 18.3 Å². The Labute approximate surface area is 115 Å². The summed E-state index contributed by atoms with van der Waals surface area (Å²) in [6, 6.07) is 9.65. The maximum absolute atomic E-state index is 13.6. The van der Waals surface area contributed by atoms with Gasteiger partial charge in [-0.3, -0.25) is 0 Å². The van der Waals surface area contributed by atoms with Gasteiger partial charge in [-0.15, -0.1) is 0 Å². The first-order valence-electron chi connectivity index (χ1n) is 6.27. The fraction of sp³-hybridized carbons (Fsp3) is 0.250. The van der Waals surface area contributed by atoms with Gasteiger partial charge < -0.3 is 5.11 Å². The van der Waals surface area contributed by atoms with E-state index < -0.39 is 23.1 Å². The van der Waals surface area contributed by atoms with Crippen LogP contribution >= 0.6 is 0 Å². The van der Waals surface area contributed by atoms with Gasteiger partial charge in [-0.1, -0.05) is 24.3 Å². The molecule has 2 rings (SSSR count). The molecule has 1 nitrogen and oxygen atoms in total. The van der Waals surface area contributed by atoms with Gasteiger partial charge in [0.2, 0.25) is 0 Å². The number of hydrogen-bond donors (Lipinski definition) is 1. The summed E-state index contributed by atoms with van der Waals surface area (Å²) >= 11 is 0. The van der Waals surface area contributed by atoms with Crippen molar-refractivity contribution in [1.82, 2.24) is 0 Å². The van der Waals surface area contributed by atoms with Crippen molar-refractivity contribution in [2.24, 2.45) is 0 Å². The molecule has 0 radical (unpaired) electrons. The highest BCUT2D eigenvalue weighted by Crippen LogP contribution is 2.21. The predicted molar refractivity (Wildman–Crippen MR) is 70.8 cm³/mol. The average molecular weight is 280 g/mol. The smallest absolute Gasteiger partial charge is 0.159 e. The fourth-order valence-electron chi connectivity index (χ4n) is 2.20. The van der Waals surface area contributed by atoms with Crippen molar-refractivity contribution in [1.29, 1.82) is 0 Å². The third kappa shape index (κ3) is 3.61. The van der Waals surface area contributed by atoms with E-state index >= 15 is 0 Å². The van der Waals surface area contributed by atoms with E-state index in [0.717, 1.165) is 12.1 Å². The first kappa shape index (κ1) is 14.6. The standard InChI is InChI=1S/C16H15F3O/c1-16(20,10-12-4-2-3-5-13(12)17)9-11-6-7-14(18)15(19)8-11/h2-8,20H,9-10H2,1H3. The van der Waals surface area contributed by atoms with Gasteiger partial charge in [-0.2, -0.15) is 0 Å². The average Bonchev–Trinajstić information content (AvgIpc) is 2.36. The normalized spacial score (nSPS) is 14.1. The number of benzene rings is 2. The van der Waals surface area contributed by atoms with Crippen LogP contribution in [-0.4, -0.2) is 10.7 Å². The molecule has 0 aliphatic carbocycles. The molecule has 0 aliphatic heterocycles. The molecule has 0 fully saturated rings. The van der Waals surface area contributed by atoms with Crippen molar-refractivity contribution in [2.45, 2.75) is 25.4 Å². The minimum atomic E-state index is -1.24. The van der Waals surface area contributed by atoms with Crippen LogP contribution in [0.15, 0.2) is 42.5 Å². The first-order valence-corrected chi connectivity index (χ1v) is 6.27. The molecule has 20 heavy (non-hydrogen) atoms. The summed E-state index contributed by atoms with van der Waals surface area (Å²) in [6.07, 6.45) is 0.206. The molecule has 2 aromatic rings. The molecular formula is C16H15F3O. The van der Waals surface area contributed by atoms with Gasteiger partial charge >= 0.3 is 0 Å². The molecule has 106 valence electrons. The Hall–Kier alpha value is -1.81. The van der Waals surface area contributed by atoms with Gasteiger partial charge in [0, 0.05) is 12.8 Å². The topological polar surface area (TPSA) is 20.2 Å². The Morgan fingerprint density at radius 3 is 2.25 bits per heavy atom. The van der Waals surface area contributed by atoms with Crippen molar-refractivity contribution in [2.75, 3.05) is 0 Å². The summed E-state index contributed by atoms with van der Waals surface area (Å²) in [5.41, 5.74) is -0.391. The maximum atomic E-state index is 13.6. The lowest BCUT2D eigenvalue weighted by molar-refractivity contribution is 0.0598. The molecule has 0 bridgehead atoms. The lowest BCUT2D eigenvalue weighted by Crippen LogP contribution is -2.30. The lowest BCUT2D eigenvalue weighted by Gasteiger charge is -2.24. The molecule has 0 saturated carbocycles. The number of rotatable bonds is 4. The summed E-state index contributed by atoms with van der Waals surface area (Å²) in [4.78, 5) is 0. The second kappa shape index (κ2) is 5.67. The summed E-state index contributed by atoms with van der Waals surface area (Å²) < 4.78 is 39.5. The van der Waals surface area contributed by atoms with E-state index in [2.05, 4.69) is 0 Å². The Morgan fingerprint density at radius 2 is 1.60 bits per heavy atom. The predicted octanol–water partition coefficient (Wildman–Crippen LogP) is 3.64. The molecule has 1 N–H and O–H groups in total. The minimum absolute atomic E-state index is 0.0959. The zero-order chi connectivity index (χ0) is 14.8. The highest BCUT2D eigenvalue weighted by atomic mass is 19.2. The Kier molecular flexibility index (Phi) is 4.14. The number of hydrogen-bond acceptors (Lipinski definition) is 1. The lowest BCUT2D eigenvalue weighted by atomic mass is 9.89. The van der Waals surface area contributed by atoms with Gasteiger partial charge in [-0.05, 0) is 36.2 Å². The molecule has 4 heteroatoms. The van der Waals surface area contributed by atoms with E-state index in [-0.39, 0.29) is 12.8 Å². The molecule has 0 aliphatic rings. The van der Waals surface area contributed by atoms with E-state index in [9.17, 15) is 18.3 Å². The zero-order valence-electron chi connectivity index (χ0n) is 11.0. The van der Waals surface area contributed by atoms with Gasteiger partial charge in [-0.25, -0.2) is 13.2 Å². The molecule has 0 heterocycles. The molecule has 0 spiro atoms. The van der Waals surface area contributed by atoms with Crippen LogP contribution in [0.2, 0.25) is 0 Å². The zero-order valence-corrected chi connectivity index (χ0v) is 11.0. The fourth-order valence-corrected chi connectivity index (χ4v) is 2.20. The summed E-state index contributed by atoms with van der Waals surface area (Å²) in [5.74, 6) is -2.27. The molecule has 1 unspecified atom stereocenters. The minimum Gasteiger partial charge on any atom is -0.389 e. The van der Waals surface area contributed by atoms with Gasteiger partial charge in [0.25, 0.3) is 0 Å². The van der Waals surface area contributed by atoms with E-state index in [1.807, 2.05) is 0 Å². The van der Waals surface area contributed by atoms with Gasteiger partial charge in [0.05, 0.1) is 5.60 Å². The summed E-state index contributed by atoms with van der Waals surface area (Å²) in [7, 11) is 0. The van der Waals surface area contributed by atoms with Gasteiger partial charge in [0.15, 0.2) is 11.6 Å². The third-order valence-corrected chi connectivity index (χ3v) is 3.10. The molecule has 0 aromatic heterocycles.